The van der Waals surface area contributed by atoms with Gasteiger partial charge in [-0.15, -0.1) is 0 Å². The van der Waals surface area contributed by atoms with Crippen molar-refractivity contribution in [1.29, 1.82) is 0 Å². The maximum atomic E-state index is 12.9. The fourth-order valence-corrected chi connectivity index (χ4v) is 3.17. The lowest BCUT2D eigenvalue weighted by Gasteiger charge is -2.36. The van der Waals surface area contributed by atoms with E-state index in [1.54, 1.807) is 0 Å². The molecular weight excluding hydrogens is 251 g/mol. The summed E-state index contributed by atoms with van der Waals surface area (Å²) in [7, 11) is -3.97. The number of hydrogen-bond acceptors (Lipinski definition) is 4. The van der Waals surface area contributed by atoms with E-state index in [1.807, 2.05) is 0 Å². The van der Waals surface area contributed by atoms with Gasteiger partial charge in [0.15, 0.2) is 0 Å². The molecule has 1 fully saturated rings. The second-order valence-electron chi connectivity index (χ2n) is 3.60. The Kier molecular flexibility index (Phi) is 2.84. The van der Waals surface area contributed by atoms with Crippen molar-refractivity contribution in [3.63, 3.8) is 0 Å². The molecule has 2 rings (SSSR count). The van der Waals surface area contributed by atoms with Crippen molar-refractivity contribution in [1.82, 2.24) is 9.29 Å². The molecule has 1 saturated heterocycles. The summed E-state index contributed by atoms with van der Waals surface area (Å²) >= 11 is 0. The molecule has 17 heavy (non-hydrogen) atoms. The van der Waals surface area contributed by atoms with Crippen LogP contribution in [-0.2, 0) is 14.8 Å². The molecule has 0 radical (unpaired) electrons. The predicted octanol–water partition coefficient (Wildman–Crippen LogP) is 0.0683. The van der Waals surface area contributed by atoms with E-state index in [9.17, 15) is 17.6 Å². The first-order valence-corrected chi connectivity index (χ1v) is 6.22. The largest absolute Gasteiger partial charge is 0.480 e. The predicted molar refractivity (Wildman–Crippen MR) is 54.1 cm³/mol. The molecule has 0 aliphatic carbocycles. The van der Waals surface area contributed by atoms with E-state index < -0.39 is 27.9 Å². The maximum absolute atomic E-state index is 12.9. The Bertz CT molecular complexity index is 560. The lowest BCUT2D eigenvalue weighted by Crippen LogP contribution is -2.54. The van der Waals surface area contributed by atoms with Crippen molar-refractivity contribution in [2.45, 2.75) is 17.4 Å². The van der Waals surface area contributed by atoms with E-state index >= 15 is 0 Å². The summed E-state index contributed by atoms with van der Waals surface area (Å²) < 4.78 is 37.6. The zero-order chi connectivity index (χ0) is 12.6. The average Bonchev–Trinajstić information content (AvgIpc) is 2.14. The number of halogens is 1. The molecule has 1 atom stereocenters. The summed E-state index contributed by atoms with van der Waals surface area (Å²) in [6, 6.07) is -0.247. The number of pyridine rings is 1. The zero-order valence-electron chi connectivity index (χ0n) is 8.58. The van der Waals surface area contributed by atoms with Crippen molar-refractivity contribution >= 4 is 16.0 Å². The third kappa shape index (κ3) is 2.01. The van der Waals surface area contributed by atoms with E-state index in [2.05, 4.69) is 4.98 Å². The number of hydrogen-bond donors (Lipinski definition) is 1. The molecule has 6 nitrogen and oxygen atoms in total. The van der Waals surface area contributed by atoms with Crippen LogP contribution in [0.2, 0.25) is 0 Å². The Morgan fingerprint density at radius 3 is 2.71 bits per heavy atom. The van der Waals surface area contributed by atoms with E-state index in [0.29, 0.717) is 0 Å². The first kappa shape index (κ1) is 11.9. The smallest absolute Gasteiger partial charge is 0.322 e. The van der Waals surface area contributed by atoms with Gasteiger partial charge in [0.05, 0.1) is 6.20 Å². The van der Waals surface area contributed by atoms with Crippen molar-refractivity contribution < 1.29 is 22.7 Å². The van der Waals surface area contributed by atoms with Crippen LogP contribution in [0, 0.1) is 5.82 Å². The minimum absolute atomic E-state index is 0.121. The summed E-state index contributed by atoms with van der Waals surface area (Å²) in [5.41, 5.74) is 0. The van der Waals surface area contributed by atoms with Gasteiger partial charge in [0.2, 0.25) is 10.0 Å². The lowest BCUT2D eigenvalue weighted by atomic mass is 10.1. The van der Waals surface area contributed by atoms with Crippen LogP contribution in [0.4, 0.5) is 4.39 Å². The number of nitrogens with zero attached hydrogens (tertiary/aromatic N) is 2. The monoisotopic (exact) mass is 260 g/mol. The second kappa shape index (κ2) is 4.04. The highest BCUT2D eigenvalue weighted by Gasteiger charge is 2.43. The Balaban J connectivity index is 2.34. The topological polar surface area (TPSA) is 87.6 Å². The molecular formula is C9H9FN2O4S. The van der Waals surface area contributed by atoms with Gasteiger partial charge in [-0.2, -0.15) is 4.31 Å². The minimum Gasteiger partial charge on any atom is -0.480 e. The summed E-state index contributed by atoms with van der Waals surface area (Å²) in [5, 5.41) is 8.77. The quantitative estimate of drug-likeness (QED) is 0.830. The molecule has 0 amide bonds. The van der Waals surface area contributed by atoms with E-state index in [4.69, 9.17) is 5.11 Å². The maximum Gasteiger partial charge on any atom is 0.322 e. The fourth-order valence-electron chi connectivity index (χ4n) is 1.57. The number of carboxylic acids is 1. The standard InChI is InChI=1S/C9H9FN2O4S/c10-6-3-7(5-11-4-6)17(15,16)12-2-1-8(12)9(13)14/h3-5,8H,1-2H2,(H,13,14)/t8-/m0/s1. The van der Waals surface area contributed by atoms with Gasteiger partial charge < -0.3 is 5.11 Å². The highest BCUT2D eigenvalue weighted by Crippen LogP contribution is 2.26. The zero-order valence-corrected chi connectivity index (χ0v) is 9.39. The first-order chi connectivity index (χ1) is 7.93. The molecule has 8 heteroatoms. The van der Waals surface area contributed by atoms with Crippen LogP contribution in [0.15, 0.2) is 23.4 Å². The number of aromatic nitrogens is 1. The molecule has 0 spiro atoms. The van der Waals surface area contributed by atoms with Gasteiger partial charge in [-0.3, -0.25) is 9.78 Å². The molecule has 92 valence electrons. The molecule has 1 N–H and O–H groups in total. The van der Waals surface area contributed by atoms with Crippen LogP contribution < -0.4 is 0 Å². The van der Waals surface area contributed by atoms with Gasteiger partial charge >= 0.3 is 5.97 Å². The van der Waals surface area contributed by atoms with Crippen LogP contribution in [0.25, 0.3) is 0 Å². The van der Waals surface area contributed by atoms with Crippen LogP contribution in [0.1, 0.15) is 6.42 Å². The lowest BCUT2D eigenvalue weighted by molar-refractivity contribution is -0.144. The van der Waals surface area contributed by atoms with Crippen molar-refractivity contribution in [3.8, 4) is 0 Å². The molecule has 2 heterocycles. The number of carbonyl (C=O) groups is 1. The van der Waals surface area contributed by atoms with Gasteiger partial charge in [0.25, 0.3) is 0 Å². The number of sulfonamides is 1. The highest BCUT2D eigenvalue weighted by atomic mass is 32.2. The van der Waals surface area contributed by atoms with Crippen LogP contribution in [0.5, 0.6) is 0 Å². The number of rotatable bonds is 3. The molecule has 0 unspecified atom stereocenters. The number of carboxylic acid groups (broad SMARTS) is 1. The molecule has 0 bridgehead atoms. The van der Waals surface area contributed by atoms with Gasteiger partial charge in [0.1, 0.15) is 16.8 Å². The molecule has 1 aromatic heterocycles. The van der Waals surface area contributed by atoms with Crippen LogP contribution >= 0.6 is 0 Å². The third-order valence-electron chi connectivity index (χ3n) is 2.54. The normalized spacial score (nSPS) is 20.9. The fraction of sp³-hybridized carbons (Fsp3) is 0.333. The van der Waals surface area contributed by atoms with Crippen LogP contribution in [-0.4, -0.2) is 41.4 Å². The number of aliphatic carboxylic acids is 1. The summed E-state index contributed by atoms with van der Waals surface area (Å²) in [6.45, 7) is 0.121. The molecule has 0 saturated carbocycles. The van der Waals surface area contributed by atoms with Gasteiger partial charge in [-0.25, -0.2) is 12.8 Å². The van der Waals surface area contributed by atoms with Gasteiger partial charge in [-0.1, -0.05) is 0 Å². The molecule has 1 aromatic rings. The SMILES string of the molecule is O=C(O)[C@@H]1CCN1S(=O)(=O)c1cncc(F)c1. The Morgan fingerprint density at radius 1 is 1.53 bits per heavy atom. The summed E-state index contributed by atoms with van der Waals surface area (Å²) in [4.78, 5) is 13.8. The Hall–Kier alpha value is -1.54. The Labute approximate surface area is 96.7 Å². The summed E-state index contributed by atoms with van der Waals surface area (Å²) in [5.74, 6) is -1.98. The molecule has 1 aliphatic heterocycles. The van der Waals surface area contributed by atoms with Crippen molar-refractivity contribution in [3.05, 3.63) is 24.3 Å². The summed E-state index contributed by atoms with van der Waals surface area (Å²) in [6.07, 6.45) is 2.14. The Morgan fingerprint density at radius 2 is 2.24 bits per heavy atom. The minimum atomic E-state index is -3.97. The molecule has 0 aromatic carbocycles. The average molecular weight is 260 g/mol. The second-order valence-corrected chi connectivity index (χ2v) is 5.49. The van der Waals surface area contributed by atoms with E-state index in [0.717, 1.165) is 22.8 Å². The van der Waals surface area contributed by atoms with Crippen molar-refractivity contribution in [2.24, 2.45) is 0 Å². The third-order valence-corrected chi connectivity index (χ3v) is 4.42. The van der Waals surface area contributed by atoms with Crippen LogP contribution in [0.3, 0.4) is 0 Å². The first-order valence-electron chi connectivity index (χ1n) is 4.78. The van der Waals surface area contributed by atoms with Gasteiger partial charge in [-0.05, 0) is 12.5 Å². The molecule has 1 aliphatic rings. The van der Waals surface area contributed by atoms with Gasteiger partial charge in [0, 0.05) is 12.7 Å². The van der Waals surface area contributed by atoms with E-state index in [1.165, 1.54) is 0 Å². The van der Waals surface area contributed by atoms with E-state index in [-0.39, 0.29) is 17.9 Å². The van der Waals surface area contributed by atoms with Crippen molar-refractivity contribution in [2.75, 3.05) is 6.54 Å². The highest BCUT2D eigenvalue weighted by molar-refractivity contribution is 7.89.